The van der Waals surface area contributed by atoms with Crippen molar-refractivity contribution < 1.29 is 5.11 Å². The lowest BCUT2D eigenvalue weighted by molar-refractivity contribution is 0.262. The van der Waals surface area contributed by atoms with Crippen LogP contribution in [0.1, 0.15) is 20.3 Å². The highest BCUT2D eigenvalue weighted by Crippen LogP contribution is 1.90. The van der Waals surface area contributed by atoms with Crippen LogP contribution in [0.25, 0.3) is 0 Å². The minimum atomic E-state index is -0.656. The van der Waals surface area contributed by atoms with Gasteiger partial charge in [0.05, 0.1) is 11.8 Å². The number of rotatable bonds is 4. The molecule has 0 amide bonds. The summed E-state index contributed by atoms with van der Waals surface area (Å²) in [7, 11) is 0. The summed E-state index contributed by atoms with van der Waals surface area (Å²) in [6, 6.07) is 0. The van der Waals surface area contributed by atoms with Gasteiger partial charge in [-0.2, -0.15) is 0 Å². The van der Waals surface area contributed by atoms with E-state index >= 15 is 0 Å². The smallest absolute Gasteiger partial charge is 0.0924 e. The summed E-state index contributed by atoms with van der Waals surface area (Å²) >= 11 is 0. The predicted molar refractivity (Wildman–Crippen MR) is 48.0 cm³/mol. The van der Waals surface area contributed by atoms with Crippen molar-refractivity contribution in [3.8, 4) is 0 Å². The van der Waals surface area contributed by atoms with E-state index in [0.717, 1.165) is 6.42 Å². The van der Waals surface area contributed by atoms with Crippen LogP contribution >= 0.6 is 0 Å². The summed E-state index contributed by atoms with van der Waals surface area (Å²) in [5, 5.41) is 16.1. The van der Waals surface area contributed by atoms with Crippen molar-refractivity contribution in [3.05, 3.63) is 24.3 Å². The largest absolute Gasteiger partial charge is 0.387 e. The van der Waals surface area contributed by atoms with Gasteiger partial charge in [-0.05, 0) is 26.3 Å². The van der Waals surface area contributed by atoms with E-state index in [4.69, 9.17) is 10.5 Å². The topological polar surface area (TPSA) is 44.1 Å². The van der Waals surface area contributed by atoms with E-state index in [9.17, 15) is 0 Å². The van der Waals surface area contributed by atoms with Crippen LogP contribution in [0.15, 0.2) is 24.3 Å². The fourth-order valence-corrected chi connectivity index (χ4v) is 0.549. The second kappa shape index (κ2) is 5.86. The van der Waals surface area contributed by atoms with E-state index in [-0.39, 0.29) is 5.71 Å². The van der Waals surface area contributed by atoms with Crippen molar-refractivity contribution in [2.75, 3.05) is 0 Å². The third-order valence-corrected chi connectivity index (χ3v) is 1.26. The average Bonchev–Trinajstić information content (AvgIpc) is 1.97. The molecule has 0 spiro atoms. The molecule has 0 rings (SSSR count). The molecule has 2 nitrogen and oxygen atoms in total. The van der Waals surface area contributed by atoms with Crippen LogP contribution in [-0.2, 0) is 0 Å². The molecule has 1 atom stereocenters. The Balaban J connectivity index is 3.66. The molecule has 0 aliphatic rings. The molecular weight excluding hydrogens is 138 g/mol. The van der Waals surface area contributed by atoms with Gasteiger partial charge in [-0.25, -0.2) is 0 Å². The van der Waals surface area contributed by atoms with Crippen molar-refractivity contribution in [2.45, 2.75) is 26.4 Å². The van der Waals surface area contributed by atoms with Gasteiger partial charge >= 0.3 is 0 Å². The van der Waals surface area contributed by atoms with E-state index in [1.165, 1.54) is 0 Å². The highest BCUT2D eigenvalue weighted by molar-refractivity contribution is 5.95. The zero-order chi connectivity index (χ0) is 8.69. The predicted octanol–water partition coefficient (Wildman–Crippen LogP) is 1.91. The number of allylic oxidation sites excluding steroid dienone is 3. The lowest BCUT2D eigenvalue weighted by Gasteiger charge is -1.98. The quantitative estimate of drug-likeness (QED) is 0.470. The molecule has 2 N–H and O–H groups in total. The summed E-state index contributed by atoms with van der Waals surface area (Å²) in [6.45, 7) is 3.54. The fraction of sp³-hybridized carbons (Fsp3) is 0.444. The lowest BCUT2D eigenvalue weighted by atomic mass is 10.2. The standard InChI is InChI=1S/C9H15NO/c1-3-4-5-6-7-9(10)8(2)11/h3-4,6-8,10-11H,5H2,1-2H3/b4-3-,7-6-,10-9?/t8-/m1/s1. The second-order valence-corrected chi connectivity index (χ2v) is 2.34. The molecule has 0 aromatic rings. The van der Waals surface area contributed by atoms with E-state index in [1.807, 2.05) is 25.2 Å². The Morgan fingerprint density at radius 2 is 2.18 bits per heavy atom. The molecule has 0 aliphatic heterocycles. The van der Waals surface area contributed by atoms with Crippen molar-refractivity contribution in [1.82, 2.24) is 0 Å². The number of hydrogen-bond donors (Lipinski definition) is 2. The Labute approximate surface area is 67.8 Å². The average molecular weight is 153 g/mol. The first-order valence-electron chi connectivity index (χ1n) is 3.72. The van der Waals surface area contributed by atoms with Crippen LogP contribution in [0.4, 0.5) is 0 Å². The van der Waals surface area contributed by atoms with Crippen molar-refractivity contribution >= 4 is 5.71 Å². The summed E-state index contributed by atoms with van der Waals surface area (Å²) in [6.07, 6.45) is 7.60. The molecule has 0 bridgehead atoms. The van der Waals surface area contributed by atoms with Gasteiger partial charge in [-0.15, -0.1) is 0 Å². The maximum absolute atomic E-state index is 8.88. The Hall–Kier alpha value is -0.890. The van der Waals surface area contributed by atoms with Crippen LogP contribution in [-0.4, -0.2) is 16.9 Å². The summed E-state index contributed by atoms with van der Waals surface area (Å²) in [5.74, 6) is 0. The third kappa shape index (κ3) is 5.55. The molecule has 2 heteroatoms. The molecule has 0 saturated heterocycles. The molecule has 0 aliphatic carbocycles. The molecule has 0 heterocycles. The van der Waals surface area contributed by atoms with E-state index in [2.05, 4.69) is 0 Å². The van der Waals surface area contributed by atoms with Gasteiger partial charge in [0.2, 0.25) is 0 Å². The molecule has 0 aromatic heterocycles. The summed E-state index contributed by atoms with van der Waals surface area (Å²) in [5.41, 5.74) is 0.259. The van der Waals surface area contributed by atoms with Gasteiger partial charge in [-0.1, -0.05) is 18.2 Å². The molecule has 62 valence electrons. The third-order valence-electron chi connectivity index (χ3n) is 1.26. The molecular formula is C9H15NO. The van der Waals surface area contributed by atoms with Crippen molar-refractivity contribution in [1.29, 1.82) is 5.41 Å². The maximum atomic E-state index is 8.88. The van der Waals surface area contributed by atoms with Crippen molar-refractivity contribution in [3.63, 3.8) is 0 Å². The van der Waals surface area contributed by atoms with Crippen LogP contribution in [0.2, 0.25) is 0 Å². The first-order valence-corrected chi connectivity index (χ1v) is 3.72. The Morgan fingerprint density at radius 3 is 2.64 bits per heavy atom. The Morgan fingerprint density at radius 1 is 1.55 bits per heavy atom. The maximum Gasteiger partial charge on any atom is 0.0924 e. The minimum absolute atomic E-state index is 0.259. The van der Waals surface area contributed by atoms with Crippen LogP contribution in [0.3, 0.4) is 0 Å². The molecule has 0 unspecified atom stereocenters. The number of aliphatic hydroxyl groups is 1. The zero-order valence-electron chi connectivity index (χ0n) is 7.04. The van der Waals surface area contributed by atoms with Gasteiger partial charge in [-0.3, -0.25) is 0 Å². The monoisotopic (exact) mass is 153 g/mol. The van der Waals surface area contributed by atoms with Gasteiger partial charge in [0, 0.05) is 0 Å². The van der Waals surface area contributed by atoms with Gasteiger partial charge in [0.15, 0.2) is 0 Å². The van der Waals surface area contributed by atoms with Gasteiger partial charge < -0.3 is 10.5 Å². The van der Waals surface area contributed by atoms with E-state index < -0.39 is 6.10 Å². The molecule has 11 heavy (non-hydrogen) atoms. The van der Waals surface area contributed by atoms with Crippen LogP contribution in [0, 0.1) is 5.41 Å². The number of aliphatic hydroxyl groups excluding tert-OH is 1. The number of nitrogens with one attached hydrogen (secondary N) is 1. The highest BCUT2D eigenvalue weighted by atomic mass is 16.3. The van der Waals surface area contributed by atoms with E-state index in [0.29, 0.717) is 0 Å². The summed E-state index contributed by atoms with van der Waals surface area (Å²) < 4.78 is 0. The first kappa shape index (κ1) is 10.1. The molecule has 0 radical (unpaired) electrons. The summed E-state index contributed by atoms with van der Waals surface area (Å²) in [4.78, 5) is 0. The van der Waals surface area contributed by atoms with Crippen LogP contribution in [0.5, 0.6) is 0 Å². The van der Waals surface area contributed by atoms with Crippen LogP contribution < -0.4 is 0 Å². The first-order chi connectivity index (χ1) is 5.18. The SMILES string of the molecule is C/C=C\C/C=C\C(=N)[C@@H](C)O. The van der Waals surface area contributed by atoms with Gasteiger partial charge in [0.25, 0.3) is 0 Å². The molecule has 0 fully saturated rings. The normalized spacial score (nSPS) is 14.5. The Kier molecular flexibility index (Phi) is 5.39. The minimum Gasteiger partial charge on any atom is -0.387 e. The van der Waals surface area contributed by atoms with Crippen molar-refractivity contribution in [2.24, 2.45) is 0 Å². The second-order valence-electron chi connectivity index (χ2n) is 2.34. The molecule has 0 saturated carbocycles. The zero-order valence-corrected chi connectivity index (χ0v) is 7.04. The fourth-order valence-electron chi connectivity index (χ4n) is 0.549. The highest BCUT2D eigenvalue weighted by Gasteiger charge is 1.96. The lowest BCUT2D eigenvalue weighted by Crippen LogP contribution is -2.11. The molecule has 0 aromatic carbocycles. The number of hydrogen-bond acceptors (Lipinski definition) is 2. The van der Waals surface area contributed by atoms with Gasteiger partial charge in [0.1, 0.15) is 0 Å². The Bertz CT molecular complexity index is 168. The van der Waals surface area contributed by atoms with E-state index in [1.54, 1.807) is 13.0 Å².